The van der Waals surface area contributed by atoms with E-state index in [-0.39, 0.29) is 37.1 Å². The van der Waals surface area contributed by atoms with E-state index < -0.39 is 71.8 Å². The molecule has 0 aliphatic heterocycles. The van der Waals surface area contributed by atoms with E-state index in [1.807, 2.05) is 0 Å². The van der Waals surface area contributed by atoms with Crippen LogP contribution in [-0.4, -0.2) is 63.0 Å². The first-order valence-electron chi connectivity index (χ1n) is 17.4. The number of benzene rings is 4. The fourth-order valence-electron chi connectivity index (χ4n) is 5.89. The van der Waals surface area contributed by atoms with E-state index in [0.29, 0.717) is 35.0 Å². The second-order valence-corrected chi connectivity index (χ2v) is 12.6. The van der Waals surface area contributed by atoms with E-state index in [9.17, 15) is 36.7 Å². The highest BCUT2D eigenvalue weighted by Crippen LogP contribution is 2.23. The van der Waals surface area contributed by atoms with Crippen molar-refractivity contribution in [2.45, 2.75) is 37.8 Å². The summed E-state index contributed by atoms with van der Waals surface area (Å²) in [4.78, 5) is 57.4. The van der Waals surface area contributed by atoms with Gasteiger partial charge in [0.2, 0.25) is 23.6 Å². The smallest absolute Gasteiger partial charge is 0.250 e. The van der Waals surface area contributed by atoms with Crippen LogP contribution < -0.4 is 29.9 Å². The van der Waals surface area contributed by atoms with Crippen LogP contribution in [0.3, 0.4) is 0 Å². The van der Waals surface area contributed by atoms with Crippen LogP contribution in [0.2, 0.25) is 0 Å². The fraction of sp³-hybridized carbons (Fsp3) is 0.238. The predicted octanol–water partition coefficient (Wildman–Crippen LogP) is 6.23. The molecule has 0 saturated heterocycles. The lowest BCUT2D eigenvalue weighted by Crippen LogP contribution is -2.51. The number of anilines is 2. The monoisotopic (exact) mass is 774 g/mol. The Morgan fingerprint density at radius 2 is 0.911 bits per heavy atom. The zero-order valence-corrected chi connectivity index (χ0v) is 30.9. The molecule has 4 amide bonds. The molecule has 0 fully saturated rings. The van der Waals surface area contributed by atoms with Gasteiger partial charge in [-0.1, -0.05) is 12.2 Å². The molecule has 10 nitrogen and oxygen atoms in total. The second-order valence-electron chi connectivity index (χ2n) is 12.6. The second kappa shape index (κ2) is 20.3. The molecular weight excluding hydrogens is 732 g/mol. The highest BCUT2D eigenvalue weighted by Gasteiger charge is 2.30. The summed E-state index contributed by atoms with van der Waals surface area (Å²) < 4.78 is 67.0. The molecule has 4 rings (SSSR count). The van der Waals surface area contributed by atoms with Crippen molar-refractivity contribution >= 4 is 35.0 Å². The first kappa shape index (κ1) is 42.3. The molecule has 0 bridgehead atoms. The van der Waals surface area contributed by atoms with Gasteiger partial charge in [0.05, 0.1) is 14.2 Å². The van der Waals surface area contributed by atoms with E-state index in [4.69, 9.17) is 9.47 Å². The minimum atomic E-state index is -1.34. The molecule has 0 aromatic heterocycles. The molecular formula is C42H42F4N4O6. The van der Waals surface area contributed by atoms with E-state index in [0.717, 1.165) is 24.3 Å². The lowest BCUT2D eigenvalue weighted by molar-refractivity contribution is -0.130. The standard InChI is InChI=1S/C42H42F4N4O6/c1-5-17-49(33-7-11-35(55-3)12-8-33)41(53)37(23-27-19-29(43)25-30(44)20-27)47-39(51)15-16-40(52)48-38(24-28-21-31(45)26-32(46)22-28)42(54)50(18-6-2)34-9-13-36(56-4)14-10-34/h5-14,19-22,25-26,37-38H,1-2,15-18,23-24H2,3-4H3,(H,47,51)(H,48,52)/t37-,38-/m0/s1. The zero-order valence-electron chi connectivity index (χ0n) is 30.9. The number of nitrogens with zero attached hydrogens (tertiary/aromatic N) is 2. The van der Waals surface area contributed by atoms with Crippen LogP contribution in [0.4, 0.5) is 28.9 Å². The molecule has 0 saturated carbocycles. The lowest BCUT2D eigenvalue weighted by Gasteiger charge is -2.28. The Morgan fingerprint density at radius 1 is 0.589 bits per heavy atom. The summed E-state index contributed by atoms with van der Waals surface area (Å²) in [7, 11) is 2.96. The van der Waals surface area contributed by atoms with Gasteiger partial charge in [-0.15, -0.1) is 13.2 Å². The molecule has 4 aromatic carbocycles. The van der Waals surface area contributed by atoms with Gasteiger partial charge in [0.1, 0.15) is 46.9 Å². The van der Waals surface area contributed by atoms with Gasteiger partial charge in [-0.3, -0.25) is 19.2 Å². The van der Waals surface area contributed by atoms with Crippen LogP contribution in [0.25, 0.3) is 0 Å². The zero-order chi connectivity index (χ0) is 40.8. The fourth-order valence-corrected chi connectivity index (χ4v) is 5.89. The third-order valence-corrected chi connectivity index (χ3v) is 8.49. The topological polar surface area (TPSA) is 117 Å². The number of nitrogens with one attached hydrogen (secondary N) is 2. The van der Waals surface area contributed by atoms with Crippen LogP contribution in [0.15, 0.2) is 110 Å². The third-order valence-electron chi connectivity index (χ3n) is 8.49. The molecule has 294 valence electrons. The summed E-state index contributed by atoms with van der Waals surface area (Å²) >= 11 is 0. The number of rotatable bonds is 19. The quantitative estimate of drug-likeness (QED) is 0.0862. The van der Waals surface area contributed by atoms with E-state index in [1.165, 1.54) is 36.2 Å². The Balaban J connectivity index is 1.55. The molecule has 0 aliphatic carbocycles. The van der Waals surface area contributed by atoms with Gasteiger partial charge in [-0.05, 0) is 83.9 Å². The van der Waals surface area contributed by atoms with Crippen molar-refractivity contribution in [3.63, 3.8) is 0 Å². The molecule has 0 spiro atoms. The number of hydrogen-bond acceptors (Lipinski definition) is 6. The average Bonchev–Trinajstić information content (AvgIpc) is 3.16. The third kappa shape index (κ3) is 12.0. The molecule has 4 aromatic rings. The average molecular weight is 775 g/mol. The first-order valence-corrected chi connectivity index (χ1v) is 17.4. The van der Waals surface area contributed by atoms with Crippen molar-refractivity contribution in [3.8, 4) is 11.5 Å². The Bertz CT molecular complexity index is 1840. The molecule has 0 unspecified atom stereocenters. The molecule has 0 radical (unpaired) electrons. The van der Waals surface area contributed by atoms with Crippen LogP contribution in [-0.2, 0) is 32.0 Å². The van der Waals surface area contributed by atoms with Crippen molar-refractivity contribution in [2.24, 2.45) is 0 Å². The molecule has 0 heterocycles. The van der Waals surface area contributed by atoms with Crippen LogP contribution in [0.1, 0.15) is 24.0 Å². The number of ether oxygens (including phenoxy) is 2. The number of hydrogen-bond donors (Lipinski definition) is 2. The minimum absolute atomic E-state index is 0.0154. The number of amides is 4. The largest absolute Gasteiger partial charge is 0.497 e. The molecule has 2 N–H and O–H groups in total. The molecule has 14 heteroatoms. The predicted molar refractivity (Wildman–Crippen MR) is 204 cm³/mol. The Kier molecular flexibility index (Phi) is 15.3. The van der Waals surface area contributed by atoms with Crippen molar-refractivity contribution < 1.29 is 46.2 Å². The maximum absolute atomic E-state index is 14.2. The van der Waals surface area contributed by atoms with E-state index >= 15 is 0 Å². The number of carbonyl (C=O) groups is 4. The van der Waals surface area contributed by atoms with Crippen LogP contribution in [0.5, 0.6) is 11.5 Å². The number of halogens is 4. The Hall–Kier alpha value is -6.44. The van der Waals surface area contributed by atoms with Gasteiger partial charge in [0.15, 0.2) is 0 Å². The van der Waals surface area contributed by atoms with E-state index in [1.54, 1.807) is 48.5 Å². The van der Waals surface area contributed by atoms with Gasteiger partial charge in [0, 0.05) is 62.3 Å². The molecule has 2 atom stereocenters. The van der Waals surface area contributed by atoms with Crippen molar-refractivity contribution in [3.05, 3.63) is 145 Å². The maximum atomic E-state index is 14.2. The van der Waals surface area contributed by atoms with Crippen molar-refractivity contribution in [1.29, 1.82) is 0 Å². The van der Waals surface area contributed by atoms with Gasteiger partial charge >= 0.3 is 0 Å². The Morgan fingerprint density at radius 3 is 1.20 bits per heavy atom. The van der Waals surface area contributed by atoms with Crippen LogP contribution in [0, 0.1) is 23.3 Å². The normalized spacial score (nSPS) is 11.8. The van der Waals surface area contributed by atoms with Crippen LogP contribution >= 0.6 is 0 Å². The Labute approximate surface area is 322 Å². The minimum Gasteiger partial charge on any atom is -0.497 e. The summed E-state index contributed by atoms with van der Waals surface area (Å²) in [6.07, 6.45) is 1.38. The molecule has 0 aliphatic rings. The number of methoxy groups -OCH3 is 2. The summed E-state index contributed by atoms with van der Waals surface area (Å²) in [6, 6.07) is 15.8. The van der Waals surface area contributed by atoms with E-state index in [2.05, 4.69) is 23.8 Å². The van der Waals surface area contributed by atoms with Crippen molar-refractivity contribution in [1.82, 2.24) is 10.6 Å². The van der Waals surface area contributed by atoms with Crippen molar-refractivity contribution in [2.75, 3.05) is 37.1 Å². The summed E-state index contributed by atoms with van der Waals surface area (Å²) in [5.41, 5.74) is 1.02. The van der Waals surface area contributed by atoms with Gasteiger partial charge in [-0.25, -0.2) is 17.6 Å². The van der Waals surface area contributed by atoms with Gasteiger partial charge < -0.3 is 29.9 Å². The van der Waals surface area contributed by atoms with Gasteiger partial charge in [0.25, 0.3) is 0 Å². The summed E-state index contributed by atoms with van der Waals surface area (Å²) in [5, 5.41) is 5.18. The molecule has 56 heavy (non-hydrogen) atoms. The first-order chi connectivity index (χ1) is 26.8. The highest BCUT2D eigenvalue weighted by atomic mass is 19.1. The summed E-state index contributed by atoms with van der Waals surface area (Å²) in [6.45, 7) is 7.45. The highest BCUT2D eigenvalue weighted by molar-refractivity contribution is 6.01. The number of carbonyl (C=O) groups excluding carboxylic acids is 4. The maximum Gasteiger partial charge on any atom is 0.250 e. The summed E-state index contributed by atoms with van der Waals surface area (Å²) in [5.74, 6) is -5.24. The lowest BCUT2D eigenvalue weighted by atomic mass is 10.0. The van der Waals surface area contributed by atoms with Gasteiger partial charge in [-0.2, -0.15) is 0 Å². The SMILES string of the molecule is C=CCN(C(=O)[C@H](Cc1cc(F)cc(F)c1)NC(=O)CCC(=O)N[C@@H](Cc1cc(F)cc(F)c1)C(=O)N(CC=C)c1ccc(OC)cc1)c1ccc(OC)cc1.